The van der Waals surface area contributed by atoms with Gasteiger partial charge in [0.25, 0.3) is 0 Å². The fraction of sp³-hybridized carbons (Fsp3) is 0.385. The molecule has 2 aromatic rings. The molecule has 0 saturated heterocycles. The highest BCUT2D eigenvalue weighted by Gasteiger charge is 2.08. The van der Waals surface area contributed by atoms with E-state index in [2.05, 4.69) is 49.1 Å². The van der Waals surface area contributed by atoms with Crippen LogP contribution in [0.2, 0.25) is 0 Å². The number of hydrogen-bond acceptors (Lipinski definition) is 1. The average molecular weight is 202 g/mol. The van der Waals surface area contributed by atoms with Gasteiger partial charge in [0.15, 0.2) is 0 Å². The van der Waals surface area contributed by atoms with Gasteiger partial charge in [0.2, 0.25) is 0 Å². The first-order valence-electron chi connectivity index (χ1n) is 5.34. The molecule has 0 spiro atoms. The number of benzene rings is 1. The van der Waals surface area contributed by atoms with E-state index >= 15 is 0 Å². The molecule has 15 heavy (non-hydrogen) atoms. The zero-order valence-electron chi connectivity index (χ0n) is 9.89. The van der Waals surface area contributed by atoms with E-state index in [0.717, 1.165) is 6.54 Å². The van der Waals surface area contributed by atoms with E-state index in [4.69, 9.17) is 0 Å². The minimum absolute atomic E-state index is 0.930. The van der Waals surface area contributed by atoms with Crippen LogP contribution in [0.5, 0.6) is 0 Å². The summed E-state index contributed by atoms with van der Waals surface area (Å²) in [5.41, 5.74) is 5.48. The largest absolute Gasteiger partial charge is 0.350 e. The van der Waals surface area contributed by atoms with E-state index in [1.165, 1.54) is 27.6 Å². The molecule has 0 amide bonds. The molecule has 0 saturated carbocycles. The second kappa shape index (κ2) is 3.70. The second-order valence-electron chi connectivity index (χ2n) is 4.20. The number of hydrogen-bond donors (Lipinski definition) is 1. The highest BCUT2D eigenvalue weighted by Crippen LogP contribution is 2.25. The maximum Gasteiger partial charge on any atom is 0.0513 e. The molecule has 2 nitrogen and oxygen atoms in total. The Morgan fingerprint density at radius 3 is 2.67 bits per heavy atom. The summed E-state index contributed by atoms with van der Waals surface area (Å²) in [5.74, 6) is 0. The van der Waals surface area contributed by atoms with Gasteiger partial charge in [-0.05, 0) is 37.6 Å². The van der Waals surface area contributed by atoms with Gasteiger partial charge in [0.1, 0.15) is 0 Å². The average Bonchev–Trinajstić information content (AvgIpc) is 2.51. The van der Waals surface area contributed by atoms with E-state index in [1.807, 2.05) is 7.05 Å². The van der Waals surface area contributed by atoms with E-state index in [1.54, 1.807) is 0 Å². The maximum atomic E-state index is 3.21. The summed E-state index contributed by atoms with van der Waals surface area (Å²) in [4.78, 5) is 0. The van der Waals surface area contributed by atoms with Gasteiger partial charge in [0, 0.05) is 25.2 Å². The molecule has 1 aromatic heterocycles. The number of nitrogens with one attached hydrogen (secondary N) is 1. The van der Waals surface area contributed by atoms with E-state index in [9.17, 15) is 0 Å². The molecule has 1 aromatic carbocycles. The van der Waals surface area contributed by atoms with E-state index < -0.39 is 0 Å². The molecular weight excluding hydrogens is 184 g/mol. The Morgan fingerprint density at radius 2 is 2.00 bits per heavy atom. The molecular formula is C13H18N2. The van der Waals surface area contributed by atoms with E-state index in [-0.39, 0.29) is 0 Å². The molecule has 0 fully saturated rings. The number of aryl methyl sites for hydroxylation is 3. The van der Waals surface area contributed by atoms with Crippen LogP contribution in [-0.2, 0) is 13.6 Å². The Hall–Kier alpha value is -1.28. The Balaban J connectivity index is 2.74. The first-order valence-corrected chi connectivity index (χ1v) is 5.34. The molecule has 0 radical (unpaired) electrons. The van der Waals surface area contributed by atoms with Crippen LogP contribution in [0.3, 0.4) is 0 Å². The number of aromatic nitrogens is 1. The van der Waals surface area contributed by atoms with Gasteiger partial charge < -0.3 is 9.88 Å². The molecule has 0 aliphatic carbocycles. The van der Waals surface area contributed by atoms with Gasteiger partial charge in [-0.15, -0.1) is 0 Å². The monoisotopic (exact) mass is 202 g/mol. The Labute approximate surface area is 90.9 Å². The minimum atomic E-state index is 0.930. The molecule has 0 unspecified atom stereocenters. The van der Waals surface area contributed by atoms with Crippen molar-refractivity contribution < 1.29 is 0 Å². The van der Waals surface area contributed by atoms with Crippen LogP contribution in [0.15, 0.2) is 18.3 Å². The van der Waals surface area contributed by atoms with Gasteiger partial charge in [0.05, 0.1) is 5.52 Å². The lowest BCUT2D eigenvalue weighted by molar-refractivity contribution is 0.815. The number of fused-ring (bicyclic) bond motifs is 1. The van der Waals surface area contributed by atoms with Crippen LogP contribution in [0.4, 0.5) is 0 Å². The third-order valence-electron chi connectivity index (χ3n) is 3.12. The molecule has 0 bridgehead atoms. The summed E-state index contributed by atoms with van der Waals surface area (Å²) < 4.78 is 2.23. The Kier molecular flexibility index (Phi) is 2.53. The third-order valence-corrected chi connectivity index (χ3v) is 3.12. The fourth-order valence-corrected chi connectivity index (χ4v) is 2.21. The van der Waals surface area contributed by atoms with Gasteiger partial charge >= 0.3 is 0 Å². The lowest BCUT2D eigenvalue weighted by Crippen LogP contribution is -2.04. The van der Waals surface area contributed by atoms with Crippen molar-refractivity contribution in [1.82, 2.24) is 9.88 Å². The molecule has 2 heteroatoms. The Bertz CT molecular complexity index is 495. The maximum absolute atomic E-state index is 3.21. The van der Waals surface area contributed by atoms with Crippen LogP contribution in [0.25, 0.3) is 10.9 Å². The van der Waals surface area contributed by atoms with Crippen molar-refractivity contribution in [2.24, 2.45) is 7.05 Å². The van der Waals surface area contributed by atoms with Crippen molar-refractivity contribution in [1.29, 1.82) is 0 Å². The van der Waals surface area contributed by atoms with Crippen molar-refractivity contribution >= 4 is 10.9 Å². The van der Waals surface area contributed by atoms with Gasteiger partial charge in [-0.25, -0.2) is 0 Å². The van der Waals surface area contributed by atoms with Crippen molar-refractivity contribution in [2.45, 2.75) is 20.4 Å². The van der Waals surface area contributed by atoms with Gasteiger partial charge in [-0.3, -0.25) is 0 Å². The first-order chi connectivity index (χ1) is 7.15. The van der Waals surface area contributed by atoms with Gasteiger partial charge in [-0.2, -0.15) is 0 Å². The Morgan fingerprint density at radius 1 is 1.27 bits per heavy atom. The third kappa shape index (κ3) is 1.55. The van der Waals surface area contributed by atoms with Crippen LogP contribution >= 0.6 is 0 Å². The van der Waals surface area contributed by atoms with Crippen molar-refractivity contribution in [2.75, 3.05) is 7.05 Å². The first kappa shape index (κ1) is 10.2. The molecule has 1 N–H and O–H groups in total. The molecule has 80 valence electrons. The normalized spacial score (nSPS) is 11.2. The molecule has 0 aliphatic rings. The van der Waals surface area contributed by atoms with Crippen LogP contribution in [-0.4, -0.2) is 11.6 Å². The summed E-state index contributed by atoms with van der Waals surface area (Å²) in [6.45, 7) is 5.29. The highest BCUT2D eigenvalue weighted by atomic mass is 14.9. The summed E-state index contributed by atoms with van der Waals surface area (Å²) in [6, 6.07) is 4.43. The summed E-state index contributed by atoms with van der Waals surface area (Å²) >= 11 is 0. The van der Waals surface area contributed by atoms with Crippen molar-refractivity contribution in [3.63, 3.8) is 0 Å². The standard InChI is InChI=1S/C13H18N2/c1-9-5-6-12-11(7-14-3)8-15(4)13(12)10(9)2/h5-6,8,14H,7H2,1-4H3. The zero-order valence-corrected chi connectivity index (χ0v) is 9.89. The lowest BCUT2D eigenvalue weighted by Gasteiger charge is -2.04. The van der Waals surface area contributed by atoms with Crippen molar-refractivity contribution in [3.8, 4) is 0 Å². The summed E-state index contributed by atoms with van der Waals surface area (Å²) in [6.07, 6.45) is 2.22. The lowest BCUT2D eigenvalue weighted by atomic mass is 10.0. The van der Waals surface area contributed by atoms with Crippen LogP contribution < -0.4 is 5.32 Å². The SMILES string of the molecule is CNCc1cn(C)c2c(C)c(C)ccc12. The number of nitrogens with zero attached hydrogens (tertiary/aromatic N) is 1. The van der Waals surface area contributed by atoms with Gasteiger partial charge in [-0.1, -0.05) is 12.1 Å². The zero-order chi connectivity index (χ0) is 11.0. The predicted molar refractivity (Wildman–Crippen MR) is 65.2 cm³/mol. The molecule has 1 heterocycles. The predicted octanol–water partition coefficient (Wildman–Crippen LogP) is 2.51. The summed E-state index contributed by atoms with van der Waals surface area (Å²) in [7, 11) is 4.10. The number of rotatable bonds is 2. The second-order valence-corrected chi connectivity index (χ2v) is 4.20. The smallest absolute Gasteiger partial charge is 0.0513 e. The molecule has 2 rings (SSSR count). The minimum Gasteiger partial charge on any atom is -0.350 e. The van der Waals surface area contributed by atoms with E-state index in [0.29, 0.717) is 0 Å². The fourth-order valence-electron chi connectivity index (χ4n) is 2.21. The van der Waals surface area contributed by atoms with Crippen LogP contribution in [0, 0.1) is 13.8 Å². The summed E-state index contributed by atoms with van der Waals surface area (Å²) in [5, 5.41) is 4.58. The quantitative estimate of drug-likeness (QED) is 0.791. The topological polar surface area (TPSA) is 17.0 Å². The molecule has 0 atom stereocenters. The molecule has 0 aliphatic heterocycles. The highest BCUT2D eigenvalue weighted by molar-refractivity contribution is 5.87. The van der Waals surface area contributed by atoms with Crippen LogP contribution in [0.1, 0.15) is 16.7 Å². The van der Waals surface area contributed by atoms with Crippen molar-refractivity contribution in [3.05, 3.63) is 35.0 Å².